The lowest BCUT2D eigenvalue weighted by Gasteiger charge is -2.32. The highest BCUT2D eigenvalue weighted by molar-refractivity contribution is 6.87. The number of carbonyl (C=O) groups excluding carboxylic acids is 1. The molecule has 0 aromatic rings. The molecule has 0 saturated heterocycles. The van der Waals surface area contributed by atoms with Crippen molar-refractivity contribution in [1.29, 1.82) is 0 Å². The van der Waals surface area contributed by atoms with Gasteiger partial charge in [-0.15, -0.1) is 5.54 Å². The molecule has 0 aromatic carbocycles. The molecule has 144 valence electrons. The fourth-order valence-electron chi connectivity index (χ4n) is 4.52. The molecule has 0 spiro atoms. The number of carbonyl (C=O) groups is 1. The first kappa shape index (κ1) is 22.5. The second-order valence-corrected chi connectivity index (χ2v) is 15.7. The number of ketones is 1. The molecule has 0 heterocycles. The Bertz CT molecular complexity index is 511. The van der Waals surface area contributed by atoms with E-state index in [2.05, 4.69) is 73.8 Å². The molecule has 1 rings (SSSR count). The molecular weight excluding hydrogens is 320 g/mol. The third-order valence-corrected chi connectivity index (χ3v) is 10.8. The number of rotatable bonds is 5. The second-order valence-electron chi connectivity index (χ2n) is 10.8. The van der Waals surface area contributed by atoms with Gasteiger partial charge in [-0.1, -0.05) is 68.2 Å². The van der Waals surface area contributed by atoms with Gasteiger partial charge in [-0.2, -0.15) is 0 Å². The summed E-state index contributed by atoms with van der Waals surface area (Å²) in [6, 6.07) is 3.62. The quantitative estimate of drug-likeness (QED) is 0.385. The van der Waals surface area contributed by atoms with Crippen molar-refractivity contribution in [1.82, 2.24) is 0 Å². The van der Waals surface area contributed by atoms with Crippen molar-refractivity contribution >= 4 is 13.9 Å². The largest absolute Gasteiger partial charge is 0.298 e. The first-order valence-electron chi connectivity index (χ1n) is 10.4. The first-order valence-corrected chi connectivity index (χ1v) is 13.0. The molecule has 0 N–H and O–H groups in total. The van der Waals surface area contributed by atoms with E-state index in [1.165, 1.54) is 18.1 Å². The molecule has 1 saturated carbocycles. The van der Waals surface area contributed by atoms with E-state index in [-0.39, 0.29) is 22.2 Å². The third-order valence-electron chi connectivity index (χ3n) is 6.05. The van der Waals surface area contributed by atoms with Crippen LogP contribution in [-0.4, -0.2) is 13.9 Å². The highest BCUT2D eigenvalue weighted by Gasteiger charge is 2.49. The molecule has 0 unspecified atom stereocenters. The van der Waals surface area contributed by atoms with Gasteiger partial charge in [-0.25, -0.2) is 0 Å². The number of Topliss-reactive ketones (excluding diaryl/α,β-unsaturated/α-hetero) is 1. The lowest BCUT2D eigenvalue weighted by atomic mass is 9.71. The van der Waals surface area contributed by atoms with Gasteiger partial charge in [0.15, 0.2) is 5.78 Å². The van der Waals surface area contributed by atoms with Crippen LogP contribution in [0.4, 0.5) is 0 Å². The van der Waals surface area contributed by atoms with E-state index in [4.69, 9.17) is 0 Å². The maximum atomic E-state index is 13.5. The topological polar surface area (TPSA) is 17.1 Å². The van der Waals surface area contributed by atoms with Crippen LogP contribution in [0.2, 0.25) is 18.1 Å². The Labute approximate surface area is 158 Å². The molecule has 1 aliphatic rings. The van der Waals surface area contributed by atoms with E-state index in [9.17, 15) is 4.79 Å². The van der Waals surface area contributed by atoms with Gasteiger partial charge in [0.05, 0.1) is 5.41 Å². The smallest absolute Gasteiger partial charge is 0.153 e. The molecule has 1 nitrogen and oxygen atoms in total. The first-order chi connectivity index (χ1) is 11.3. The van der Waals surface area contributed by atoms with Gasteiger partial charge in [0, 0.05) is 5.92 Å². The van der Waals surface area contributed by atoms with Gasteiger partial charge in [0.1, 0.15) is 8.07 Å². The van der Waals surface area contributed by atoms with Crippen molar-refractivity contribution in [3.63, 3.8) is 0 Å². The molecule has 0 aromatic heterocycles. The van der Waals surface area contributed by atoms with E-state index in [0.29, 0.717) is 5.78 Å². The van der Waals surface area contributed by atoms with Crippen LogP contribution in [0.25, 0.3) is 0 Å². The lowest BCUT2D eigenvalue weighted by molar-refractivity contribution is -0.128. The second kappa shape index (κ2) is 7.99. The van der Waals surface area contributed by atoms with Crippen molar-refractivity contribution in [3.05, 3.63) is 0 Å². The minimum atomic E-state index is -1.52. The fraction of sp³-hybridized carbons (Fsp3) is 0.870. The van der Waals surface area contributed by atoms with Crippen LogP contribution >= 0.6 is 0 Å². The van der Waals surface area contributed by atoms with Gasteiger partial charge in [0.25, 0.3) is 0 Å². The van der Waals surface area contributed by atoms with Crippen molar-refractivity contribution in [2.24, 2.45) is 22.2 Å². The Morgan fingerprint density at radius 1 is 1.00 bits per heavy atom. The van der Waals surface area contributed by atoms with Crippen LogP contribution in [0.1, 0.15) is 88.0 Å². The summed E-state index contributed by atoms with van der Waals surface area (Å²) in [4.78, 5) is 13.5. The molecule has 25 heavy (non-hydrogen) atoms. The maximum Gasteiger partial charge on any atom is 0.153 e. The van der Waals surface area contributed by atoms with Gasteiger partial charge in [-0.05, 0) is 54.6 Å². The summed E-state index contributed by atoms with van der Waals surface area (Å²) in [5.74, 6) is 4.33. The zero-order chi connectivity index (χ0) is 19.5. The van der Waals surface area contributed by atoms with Gasteiger partial charge in [-0.3, -0.25) is 4.79 Å². The van der Waals surface area contributed by atoms with E-state index in [1.807, 2.05) is 0 Å². The Hall–Kier alpha value is -0.553. The average Bonchev–Trinajstić information content (AvgIpc) is 2.76. The predicted octanol–water partition coefficient (Wildman–Crippen LogP) is 6.88. The summed E-state index contributed by atoms with van der Waals surface area (Å²) in [6.45, 7) is 20.4. The minimum absolute atomic E-state index is 0.135. The maximum absolute atomic E-state index is 13.5. The normalized spacial score (nSPS) is 25.0. The van der Waals surface area contributed by atoms with Crippen LogP contribution in [0, 0.1) is 33.6 Å². The van der Waals surface area contributed by atoms with Crippen LogP contribution in [-0.2, 0) is 4.79 Å². The Kier molecular flexibility index (Phi) is 7.19. The Balaban J connectivity index is 3.25. The van der Waals surface area contributed by atoms with Crippen LogP contribution < -0.4 is 0 Å². The van der Waals surface area contributed by atoms with Crippen LogP contribution in [0.15, 0.2) is 0 Å². The Morgan fingerprint density at radius 3 is 1.92 bits per heavy atom. The van der Waals surface area contributed by atoms with E-state index < -0.39 is 8.07 Å². The highest BCUT2D eigenvalue weighted by atomic mass is 28.3. The van der Waals surface area contributed by atoms with Crippen LogP contribution in [0.3, 0.4) is 0 Å². The van der Waals surface area contributed by atoms with Crippen molar-refractivity contribution in [2.45, 2.75) is 106 Å². The molecule has 1 aliphatic carbocycles. The molecule has 0 aliphatic heterocycles. The molecule has 2 heteroatoms. The molecular formula is C23H42OSi. The molecule has 0 bridgehead atoms. The van der Waals surface area contributed by atoms with E-state index in [0.717, 1.165) is 25.7 Å². The van der Waals surface area contributed by atoms with Gasteiger partial charge >= 0.3 is 0 Å². The van der Waals surface area contributed by atoms with Crippen molar-refractivity contribution in [2.75, 3.05) is 0 Å². The van der Waals surface area contributed by atoms with Gasteiger partial charge < -0.3 is 0 Å². The summed E-state index contributed by atoms with van der Waals surface area (Å²) in [7, 11) is -1.52. The Morgan fingerprint density at radius 2 is 1.52 bits per heavy atom. The van der Waals surface area contributed by atoms with E-state index in [1.54, 1.807) is 0 Å². The molecule has 0 amide bonds. The monoisotopic (exact) mass is 362 g/mol. The number of hydrogen-bond donors (Lipinski definition) is 0. The summed E-state index contributed by atoms with van der Waals surface area (Å²) < 4.78 is 0. The summed E-state index contributed by atoms with van der Waals surface area (Å²) >= 11 is 0. The summed E-state index contributed by atoms with van der Waals surface area (Å²) in [5.41, 5.74) is 3.73. The van der Waals surface area contributed by atoms with Crippen molar-refractivity contribution < 1.29 is 4.79 Å². The third kappa shape index (κ3) is 5.99. The van der Waals surface area contributed by atoms with Crippen LogP contribution in [0.5, 0.6) is 0 Å². The van der Waals surface area contributed by atoms with Crippen molar-refractivity contribution in [3.8, 4) is 11.5 Å². The van der Waals surface area contributed by atoms with E-state index >= 15 is 0 Å². The lowest BCUT2D eigenvalue weighted by Crippen LogP contribution is -2.35. The molecule has 0 radical (unpaired) electrons. The number of hydrogen-bond acceptors (Lipinski definition) is 1. The molecule has 2 atom stereocenters. The SMILES string of the molecule is CC[Si](C#C[C@@]1(CC(C)(C)C)CC[C@H](CC(C)(C)C)C1=O)(CC)CC. The highest BCUT2D eigenvalue weighted by Crippen LogP contribution is 2.48. The average molecular weight is 363 g/mol. The zero-order valence-corrected chi connectivity index (χ0v) is 19.4. The summed E-state index contributed by atoms with van der Waals surface area (Å²) in [5, 5.41) is 0. The van der Waals surface area contributed by atoms with Gasteiger partial charge in [0.2, 0.25) is 0 Å². The molecule has 1 fully saturated rings. The predicted molar refractivity (Wildman–Crippen MR) is 113 cm³/mol. The summed E-state index contributed by atoms with van der Waals surface area (Å²) in [6.07, 6.45) is 3.91. The zero-order valence-electron chi connectivity index (χ0n) is 18.4. The minimum Gasteiger partial charge on any atom is -0.298 e. The standard InChI is InChI=1S/C23H42OSi/c1-10-25(11-2,12-3)16-15-23(18-22(7,8)9)14-13-19(20(23)24)17-21(4,5)6/h19H,10-14,17-18H2,1-9H3/t19-,23-/m1/s1. The fourth-order valence-corrected chi connectivity index (χ4v) is 7.05.